The molecule has 0 radical (unpaired) electrons. The van der Waals surface area contributed by atoms with Crippen molar-refractivity contribution in [3.8, 4) is 11.5 Å². The molecule has 1 aliphatic heterocycles. The Labute approximate surface area is 201 Å². The Morgan fingerprint density at radius 2 is 1.94 bits per heavy atom. The molecule has 3 N–H and O–H groups in total. The van der Waals surface area contributed by atoms with Gasteiger partial charge in [-0.2, -0.15) is 5.10 Å². The number of sulfonamides is 1. The van der Waals surface area contributed by atoms with Gasteiger partial charge in [-0.3, -0.25) is 9.89 Å². The van der Waals surface area contributed by atoms with Gasteiger partial charge in [0.25, 0.3) is 5.91 Å². The van der Waals surface area contributed by atoms with Crippen LogP contribution in [0.25, 0.3) is 10.9 Å². The smallest absolute Gasteiger partial charge is 0.255 e. The molecule has 1 aromatic heterocycles. The molecule has 0 bridgehead atoms. The lowest BCUT2D eigenvalue weighted by atomic mass is 10.1. The van der Waals surface area contributed by atoms with Crippen LogP contribution in [-0.4, -0.2) is 49.7 Å². The predicted octanol–water partition coefficient (Wildman–Crippen LogP) is 3.41. The lowest BCUT2D eigenvalue weighted by Crippen LogP contribution is -2.23. The summed E-state index contributed by atoms with van der Waals surface area (Å²) in [4.78, 5) is 13.1. The molecule has 1 aliphatic rings. The van der Waals surface area contributed by atoms with Crippen molar-refractivity contribution < 1.29 is 22.7 Å². The average molecular weight is 494 g/mol. The highest BCUT2D eigenvalue weighted by molar-refractivity contribution is 7.89. The number of nitrogens with zero attached hydrogens (tertiary/aromatic N) is 2. The minimum atomic E-state index is -3.79. The number of aromatic nitrogens is 2. The van der Waals surface area contributed by atoms with Crippen molar-refractivity contribution in [2.75, 3.05) is 31.5 Å². The third kappa shape index (κ3) is 4.51. The zero-order valence-corrected chi connectivity index (χ0v) is 19.8. The Kier molecular flexibility index (Phi) is 5.79. The van der Waals surface area contributed by atoms with Gasteiger partial charge in [0.1, 0.15) is 0 Å². The van der Waals surface area contributed by atoms with E-state index >= 15 is 0 Å². The number of hydrogen-bond acceptors (Lipinski definition) is 7. The molecule has 11 heteroatoms. The molecule has 180 valence electrons. The van der Waals surface area contributed by atoms with Crippen molar-refractivity contribution in [3.05, 3.63) is 71.9 Å². The summed E-state index contributed by atoms with van der Waals surface area (Å²) < 4.78 is 37.8. The maximum Gasteiger partial charge on any atom is 0.255 e. The Bertz CT molecular complexity index is 1530. The van der Waals surface area contributed by atoms with Gasteiger partial charge in [0.15, 0.2) is 11.5 Å². The molecule has 5 rings (SSSR count). The molecule has 4 aromatic rings. The zero-order chi connectivity index (χ0) is 24.6. The van der Waals surface area contributed by atoms with Crippen LogP contribution in [0.5, 0.6) is 11.5 Å². The van der Waals surface area contributed by atoms with E-state index in [1.807, 2.05) is 24.3 Å². The highest BCUT2D eigenvalue weighted by atomic mass is 32.2. The van der Waals surface area contributed by atoms with Crippen LogP contribution in [0.2, 0.25) is 0 Å². The van der Waals surface area contributed by atoms with Gasteiger partial charge >= 0.3 is 0 Å². The molecule has 10 nitrogen and oxygen atoms in total. The van der Waals surface area contributed by atoms with Crippen molar-refractivity contribution in [1.29, 1.82) is 0 Å². The first-order valence-corrected chi connectivity index (χ1v) is 12.2. The van der Waals surface area contributed by atoms with Crippen LogP contribution in [0.3, 0.4) is 0 Å². The standard InChI is InChI=1S/C24H23N5O5S/c1-29(2)35(31,32)20-9-17(24(30)27-18-7-6-15-13-26-28-21(15)11-18)8-19(10-20)25-12-16-4-3-5-22-23(16)34-14-33-22/h3-11,13,25H,12,14H2,1-2H3,(H,26,28)(H,27,30). The summed E-state index contributed by atoms with van der Waals surface area (Å²) >= 11 is 0. The number of H-pyrrole nitrogens is 1. The Morgan fingerprint density at radius 1 is 1.09 bits per heavy atom. The second kappa shape index (κ2) is 8.93. The molecule has 1 amide bonds. The molecule has 0 atom stereocenters. The fourth-order valence-corrected chi connectivity index (χ4v) is 4.71. The first-order valence-electron chi connectivity index (χ1n) is 10.7. The first kappa shape index (κ1) is 22.7. The third-order valence-electron chi connectivity index (χ3n) is 5.61. The van der Waals surface area contributed by atoms with Gasteiger partial charge in [0.2, 0.25) is 16.8 Å². The van der Waals surface area contributed by atoms with Gasteiger partial charge < -0.3 is 20.1 Å². The summed E-state index contributed by atoms with van der Waals surface area (Å²) in [5, 5.41) is 13.8. The van der Waals surface area contributed by atoms with Crippen LogP contribution < -0.4 is 20.1 Å². The van der Waals surface area contributed by atoms with Gasteiger partial charge in [-0.15, -0.1) is 0 Å². The van der Waals surface area contributed by atoms with Crippen molar-refractivity contribution in [3.63, 3.8) is 0 Å². The van der Waals surface area contributed by atoms with Crippen molar-refractivity contribution in [2.45, 2.75) is 11.4 Å². The molecule has 0 fully saturated rings. The maximum atomic E-state index is 13.1. The van der Waals surface area contributed by atoms with E-state index in [0.717, 1.165) is 20.8 Å². The van der Waals surface area contributed by atoms with E-state index in [-0.39, 0.29) is 17.3 Å². The predicted molar refractivity (Wildman–Crippen MR) is 131 cm³/mol. The summed E-state index contributed by atoms with van der Waals surface area (Å²) in [5.41, 5.74) is 2.84. The topological polar surface area (TPSA) is 126 Å². The minimum Gasteiger partial charge on any atom is -0.454 e. The number of benzene rings is 3. The molecule has 35 heavy (non-hydrogen) atoms. The van der Waals surface area contributed by atoms with E-state index in [9.17, 15) is 13.2 Å². The van der Waals surface area contributed by atoms with Crippen LogP contribution in [0.4, 0.5) is 11.4 Å². The van der Waals surface area contributed by atoms with Gasteiger partial charge in [-0.1, -0.05) is 12.1 Å². The molecule has 0 saturated carbocycles. The highest BCUT2D eigenvalue weighted by Gasteiger charge is 2.22. The van der Waals surface area contributed by atoms with E-state index in [1.165, 1.54) is 26.2 Å². The van der Waals surface area contributed by atoms with Gasteiger partial charge in [-0.25, -0.2) is 12.7 Å². The fourth-order valence-electron chi connectivity index (χ4n) is 3.74. The Hall–Kier alpha value is -4.09. The van der Waals surface area contributed by atoms with Crippen molar-refractivity contribution >= 4 is 38.2 Å². The van der Waals surface area contributed by atoms with Crippen LogP contribution in [0.1, 0.15) is 15.9 Å². The van der Waals surface area contributed by atoms with E-state index in [1.54, 1.807) is 24.4 Å². The fraction of sp³-hybridized carbons (Fsp3) is 0.167. The summed E-state index contributed by atoms with van der Waals surface area (Å²) in [5.74, 6) is 0.854. The number of amides is 1. The normalized spacial score (nSPS) is 12.8. The van der Waals surface area contributed by atoms with Crippen LogP contribution >= 0.6 is 0 Å². The third-order valence-corrected chi connectivity index (χ3v) is 7.40. The van der Waals surface area contributed by atoms with Crippen LogP contribution in [0, 0.1) is 0 Å². The molecular weight excluding hydrogens is 470 g/mol. The van der Waals surface area contributed by atoms with E-state index in [4.69, 9.17) is 9.47 Å². The first-order chi connectivity index (χ1) is 16.8. The lowest BCUT2D eigenvalue weighted by molar-refractivity contribution is 0.102. The van der Waals surface area contributed by atoms with E-state index in [2.05, 4.69) is 20.8 Å². The maximum absolute atomic E-state index is 13.1. The van der Waals surface area contributed by atoms with Gasteiger partial charge in [0, 0.05) is 48.5 Å². The van der Waals surface area contributed by atoms with Crippen LogP contribution in [0.15, 0.2) is 65.7 Å². The van der Waals surface area contributed by atoms with E-state index < -0.39 is 15.9 Å². The van der Waals surface area contributed by atoms with Crippen molar-refractivity contribution in [1.82, 2.24) is 14.5 Å². The number of rotatable bonds is 7. The Balaban J connectivity index is 1.45. The molecule has 0 spiro atoms. The quantitative estimate of drug-likeness (QED) is 0.360. The number of para-hydroxylation sites is 1. The second-order valence-electron chi connectivity index (χ2n) is 8.16. The number of fused-ring (bicyclic) bond motifs is 2. The van der Waals surface area contributed by atoms with Gasteiger partial charge in [0.05, 0.1) is 16.6 Å². The molecule has 2 heterocycles. The number of nitrogens with one attached hydrogen (secondary N) is 3. The SMILES string of the molecule is CN(C)S(=O)(=O)c1cc(NCc2cccc3c2OCO3)cc(C(=O)Nc2ccc3cn[nH]c3c2)c1. The summed E-state index contributed by atoms with van der Waals surface area (Å²) in [6.07, 6.45) is 1.69. The van der Waals surface area contributed by atoms with E-state index in [0.29, 0.717) is 29.4 Å². The number of hydrogen-bond donors (Lipinski definition) is 3. The lowest BCUT2D eigenvalue weighted by Gasteiger charge is -2.16. The minimum absolute atomic E-state index is 0.000422. The summed E-state index contributed by atoms with van der Waals surface area (Å²) in [6, 6.07) is 15.4. The number of anilines is 2. The van der Waals surface area contributed by atoms with Gasteiger partial charge in [-0.05, 0) is 42.5 Å². The molecule has 0 unspecified atom stereocenters. The molecule has 0 saturated heterocycles. The molecular formula is C24H23N5O5S. The number of aromatic amines is 1. The highest BCUT2D eigenvalue weighted by Crippen LogP contribution is 2.35. The monoisotopic (exact) mass is 493 g/mol. The average Bonchev–Trinajstić information content (AvgIpc) is 3.51. The van der Waals surface area contributed by atoms with Crippen molar-refractivity contribution in [2.24, 2.45) is 0 Å². The van der Waals surface area contributed by atoms with Crippen LogP contribution in [-0.2, 0) is 16.6 Å². The second-order valence-corrected chi connectivity index (χ2v) is 10.3. The zero-order valence-electron chi connectivity index (χ0n) is 19.0. The number of ether oxygens (including phenoxy) is 2. The summed E-state index contributed by atoms with van der Waals surface area (Å²) in [6.45, 7) is 0.493. The number of carbonyl (C=O) groups is 1. The number of carbonyl (C=O) groups excluding carboxylic acids is 1. The molecule has 0 aliphatic carbocycles. The largest absolute Gasteiger partial charge is 0.454 e. The molecule has 3 aromatic carbocycles. The summed E-state index contributed by atoms with van der Waals surface area (Å²) in [7, 11) is -0.899. The Morgan fingerprint density at radius 3 is 2.77 bits per heavy atom.